The van der Waals surface area contributed by atoms with Crippen LogP contribution in [0.3, 0.4) is 0 Å². The Bertz CT molecular complexity index is 332. The molecule has 0 radical (unpaired) electrons. The van der Waals surface area contributed by atoms with Crippen LogP contribution in [0.4, 0.5) is 4.79 Å². The number of carboxylic acids is 1. The Hall–Kier alpha value is -1.30. The Kier molecular flexibility index (Phi) is 6.78. The highest BCUT2D eigenvalue weighted by atomic mass is 16.4. The van der Waals surface area contributed by atoms with Gasteiger partial charge >= 0.3 is 12.0 Å². The first kappa shape index (κ1) is 16.8. The fraction of sp³-hybridized carbons (Fsp3) is 0.857. The van der Waals surface area contributed by atoms with Crippen LogP contribution in [0.2, 0.25) is 0 Å². The molecule has 1 aliphatic rings. The number of nitrogens with one attached hydrogen (secondary N) is 1. The molecule has 0 saturated carbocycles. The molecule has 2 atom stereocenters. The van der Waals surface area contributed by atoms with Gasteiger partial charge in [0.1, 0.15) is 0 Å². The summed E-state index contributed by atoms with van der Waals surface area (Å²) >= 11 is 0. The Morgan fingerprint density at radius 2 is 2.00 bits per heavy atom. The van der Waals surface area contributed by atoms with Crippen molar-refractivity contribution in [3.8, 4) is 0 Å². The Morgan fingerprint density at radius 1 is 1.35 bits per heavy atom. The second kappa shape index (κ2) is 8.09. The number of hydrogen-bond acceptors (Lipinski definition) is 3. The zero-order valence-electron chi connectivity index (χ0n) is 12.8. The fourth-order valence-electron chi connectivity index (χ4n) is 2.70. The second-order valence-electron chi connectivity index (χ2n) is 5.28. The highest BCUT2D eigenvalue weighted by molar-refractivity contribution is 5.78. The largest absolute Gasteiger partial charge is 0.481 e. The molecule has 2 N–H and O–H groups in total. The smallest absolute Gasteiger partial charge is 0.317 e. The normalized spacial score (nSPS) is 22.3. The first-order valence-corrected chi connectivity index (χ1v) is 7.50. The van der Waals surface area contributed by atoms with E-state index in [1.54, 1.807) is 11.8 Å². The molecule has 1 heterocycles. The summed E-state index contributed by atoms with van der Waals surface area (Å²) in [5.74, 6) is -1.24. The van der Waals surface area contributed by atoms with E-state index in [-0.39, 0.29) is 12.1 Å². The Labute approximate surface area is 121 Å². The summed E-state index contributed by atoms with van der Waals surface area (Å²) in [5, 5.41) is 11.9. The molecule has 116 valence electrons. The highest BCUT2D eigenvalue weighted by Crippen LogP contribution is 2.24. The summed E-state index contributed by atoms with van der Waals surface area (Å²) in [4.78, 5) is 27.0. The van der Waals surface area contributed by atoms with E-state index in [4.69, 9.17) is 5.11 Å². The van der Waals surface area contributed by atoms with Crippen molar-refractivity contribution in [1.82, 2.24) is 15.1 Å². The number of carboxylic acid groups (broad SMARTS) is 1. The van der Waals surface area contributed by atoms with Crippen molar-refractivity contribution in [3.63, 3.8) is 0 Å². The van der Waals surface area contributed by atoms with Gasteiger partial charge < -0.3 is 20.2 Å². The van der Waals surface area contributed by atoms with Crippen LogP contribution in [0.1, 0.15) is 33.6 Å². The SMILES string of the molecule is CCN(CC)CCCNC(=O)N1CCC(C(=O)O)C1C. The Balaban J connectivity index is 2.28. The molecule has 0 aromatic carbocycles. The van der Waals surface area contributed by atoms with Gasteiger partial charge in [0.05, 0.1) is 5.92 Å². The Morgan fingerprint density at radius 3 is 2.50 bits per heavy atom. The van der Waals surface area contributed by atoms with Gasteiger partial charge in [0, 0.05) is 19.1 Å². The molecule has 20 heavy (non-hydrogen) atoms. The second-order valence-corrected chi connectivity index (χ2v) is 5.28. The van der Waals surface area contributed by atoms with E-state index in [2.05, 4.69) is 24.1 Å². The summed E-state index contributed by atoms with van der Waals surface area (Å²) in [6.45, 7) is 10.2. The first-order chi connectivity index (χ1) is 9.51. The standard InChI is InChI=1S/C14H27N3O3/c1-4-16(5-2)9-6-8-15-14(20)17-10-7-12(11(17)3)13(18)19/h11-12H,4-10H2,1-3H3,(H,15,20)(H,18,19). The van der Waals surface area contributed by atoms with E-state index >= 15 is 0 Å². The third-order valence-electron chi connectivity index (χ3n) is 4.15. The van der Waals surface area contributed by atoms with E-state index in [0.29, 0.717) is 19.5 Å². The van der Waals surface area contributed by atoms with Crippen LogP contribution in [0.5, 0.6) is 0 Å². The summed E-state index contributed by atoms with van der Waals surface area (Å²) in [7, 11) is 0. The quantitative estimate of drug-likeness (QED) is 0.690. The maximum absolute atomic E-state index is 12.0. The molecule has 0 aromatic rings. The lowest BCUT2D eigenvalue weighted by Gasteiger charge is -2.24. The fourth-order valence-corrected chi connectivity index (χ4v) is 2.70. The number of urea groups is 1. The summed E-state index contributed by atoms with van der Waals surface area (Å²) in [6.07, 6.45) is 1.46. The number of hydrogen-bond donors (Lipinski definition) is 2. The van der Waals surface area contributed by atoms with Gasteiger partial charge in [0.15, 0.2) is 0 Å². The molecule has 0 spiro atoms. The van der Waals surface area contributed by atoms with E-state index in [9.17, 15) is 9.59 Å². The molecule has 6 nitrogen and oxygen atoms in total. The predicted molar refractivity (Wildman–Crippen MR) is 77.7 cm³/mol. The molecule has 2 unspecified atom stereocenters. The van der Waals surface area contributed by atoms with Gasteiger partial charge in [-0.25, -0.2) is 4.79 Å². The molecule has 0 bridgehead atoms. The number of aliphatic carboxylic acids is 1. The number of likely N-dealkylation sites (tertiary alicyclic amines) is 1. The maximum Gasteiger partial charge on any atom is 0.317 e. The van der Waals surface area contributed by atoms with Crippen LogP contribution < -0.4 is 5.32 Å². The van der Waals surface area contributed by atoms with Crippen molar-refractivity contribution < 1.29 is 14.7 Å². The van der Waals surface area contributed by atoms with Gasteiger partial charge in [-0.15, -0.1) is 0 Å². The van der Waals surface area contributed by atoms with Gasteiger partial charge in [0.2, 0.25) is 0 Å². The van der Waals surface area contributed by atoms with Crippen molar-refractivity contribution in [2.24, 2.45) is 5.92 Å². The van der Waals surface area contributed by atoms with Crippen molar-refractivity contribution in [2.75, 3.05) is 32.7 Å². The van der Waals surface area contributed by atoms with Crippen molar-refractivity contribution in [1.29, 1.82) is 0 Å². The minimum absolute atomic E-state index is 0.138. The van der Waals surface area contributed by atoms with Crippen LogP contribution in [0.25, 0.3) is 0 Å². The molecule has 6 heteroatoms. The highest BCUT2D eigenvalue weighted by Gasteiger charge is 2.37. The number of carbonyl (C=O) groups excluding carboxylic acids is 1. The predicted octanol–water partition coefficient (Wildman–Crippen LogP) is 1.22. The molecular formula is C14H27N3O3. The third kappa shape index (κ3) is 4.37. The molecular weight excluding hydrogens is 258 g/mol. The summed E-state index contributed by atoms with van der Waals surface area (Å²) in [5.41, 5.74) is 0. The molecule has 0 aliphatic carbocycles. The first-order valence-electron chi connectivity index (χ1n) is 7.50. The summed E-state index contributed by atoms with van der Waals surface area (Å²) in [6, 6.07) is -0.365. The average Bonchev–Trinajstić information content (AvgIpc) is 2.80. The topological polar surface area (TPSA) is 72.9 Å². The van der Waals surface area contributed by atoms with Gasteiger partial charge in [-0.3, -0.25) is 4.79 Å². The minimum Gasteiger partial charge on any atom is -0.481 e. The maximum atomic E-state index is 12.0. The van der Waals surface area contributed by atoms with Crippen molar-refractivity contribution >= 4 is 12.0 Å². The molecule has 1 saturated heterocycles. The lowest BCUT2D eigenvalue weighted by Crippen LogP contribution is -2.44. The van der Waals surface area contributed by atoms with Crippen LogP contribution >= 0.6 is 0 Å². The molecule has 1 rings (SSSR count). The number of nitrogens with zero attached hydrogens (tertiary/aromatic N) is 2. The van der Waals surface area contributed by atoms with Crippen LogP contribution in [0.15, 0.2) is 0 Å². The van der Waals surface area contributed by atoms with E-state index in [0.717, 1.165) is 26.1 Å². The molecule has 2 amide bonds. The van der Waals surface area contributed by atoms with Gasteiger partial charge in [-0.2, -0.15) is 0 Å². The lowest BCUT2D eigenvalue weighted by atomic mass is 10.0. The summed E-state index contributed by atoms with van der Waals surface area (Å²) < 4.78 is 0. The number of amides is 2. The van der Waals surface area contributed by atoms with E-state index in [1.807, 2.05) is 0 Å². The zero-order chi connectivity index (χ0) is 15.1. The minimum atomic E-state index is -0.811. The third-order valence-corrected chi connectivity index (χ3v) is 4.15. The van der Waals surface area contributed by atoms with Crippen LogP contribution in [-0.4, -0.2) is 65.7 Å². The van der Waals surface area contributed by atoms with Gasteiger partial charge in [-0.1, -0.05) is 13.8 Å². The molecule has 1 aliphatic heterocycles. The molecule has 1 fully saturated rings. The molecule has 0 aromatic heterocycles. The van der Waals surface area contributed by atoms with Crippen LogP contribution in [-0.2, 0) is 4.79 Å². The van der Waals surface area contributed by atoms with Gasteiger partial charge in [0.25, 0.3) is 0 Å². The zero-order valence-corrected chi connectivity index (χ0v) is 12.8. The lowest BCUT2D eigenvalue weighted by molar-refractivity contribution is -0.142. The van der Waals surface area contributed by atoms with E-state index < -0.39 is 11.9 Å². The van der Waals surface area contributed by atoms with Crippen molar-refractivity contribution in [2.45, 2.75) is 39.7 Å². The van der Waals surface area contributed by atoms with Crippen molar-refractivity contribution in [3.05, 3.63) is 0 Å². The number of carbonyl (C=O) groups is 2. The van der Waals surface area contributed by atoms with Crippen LogP contribution in [0, 0.1) is 5.92 Å². The monoisotopic (exact) mass is 285 g/mol. The number of rotatable bonds is 7. The van der Waals surface area contributed by atoms with E-state index in [1.165, 1.54) is 0 Å². The average molecular weight is 285 g/mol. The van der Waals surface area contributed by atoms with Gasteiger partial charge in [-0.05, 0) is 39.4 Å².